The number of nitrogens with zero attached hydrogens (tertiary/aromatic N) is 1. The summed E-state index contributed by atoms with van der Waals surface area (Å²) in [4.78, 5) is 2.47. The summed E-state index contributed by atoms with van der Waals surface area (Å²) in [5.74, 6) is 0.985. The third-order valence-corrected chi connectivity index (χ3v) is 3.58. The van der Waals surface area contributed by atoms with Crippen LogP contribution in [0.5, 0.6) is 5.75 Å². The molecule has 0 aromatic heterocycles. The van der Waals surface area contributed by atoms with Crippen molar-refractivity contribution in [3.8, 4) is 5.75 Å². The van der Waals surface area contributed by atoms with Gasteiger partial charge in [-0.3, -0.25) is 4.90 Å². The topological polar surface area (TPSA) is 38.5 Å². The van der Waals surface area contributed by atoms with Gasteiger partial charge < -0.3 is 10.5 Å². The van der Waals surface area contributed by atoms with Crippen LogP contribution in [0.1, 0.15) is 24.0 Å². The number of ether oxygens (including phenoxy) is 1. The maximum Gasteiger partial charge on any atom is 0.123 e. The lowest BCUT2D eigenvalue weighted by Crippen LogP contribution is -2.34. The number of benzene rings is 1. The van der Waals surface area contributed by atoms with E-state index in [-0.39, 0.29) is 0 Å². The van der Waals surface area contributed by atoms with Crippen molar-refractivity contribution in [2.24, 2.45) is 5.73 Å². The monoisotopic (exact) mass is 234 g/mol. The van der Waals surface area contributed by atoms with Crippen LogP contribution in [0.3, 0.4) is 0 Å². The zero-order valence-corrected chi connectivity index (χ0v) is 10.8. The second kappa shape index (κ2) is 5.52. The van der Waals surface area contributed by atoms with Crippen LogP contribution in [-0.4, -0.2) is 31.1 Å². The zero-order valence-electron chi connectivity index (χ0n) is 10.8. The molecule has 1 heterocycles. The Morgan fingerprint density at radius 3 is 3.00 bits per heavy atom. The molecule has 0 aliphatic carbocycles. The van der Waals surface area contributed by atoms with Crippen molar-refractivity contribution in [3.63, 3.8) is 0 Å². The summed E-state index contributed by atoms with van der Waals surface area (Å²) in [7, 11) is 1.73. The van der Waals surface area contributed by atoms with E-state index >= 15 is 0 Å². The fourth-order valence-electron chi connectivity index (χ4n) is 2.62. The van der Waals surface area contributed by atoms with Crippen molar-refractivity contribution in [3.05, 3.63) is 29.3 Å². The molecule has 1 aliphatic heterocycles. The molecule has 17 heavy (non-hydrogen) atoms. The lowest BCUT2D eigenvalue weighted by Gasteiger charge is -2.24. The highest BCUT2D eigenvalue weighted by atomic mass is 16.5. The van der Waals surface area contributed by atoms with Crippen LogP contribution in [-0.2, 0) is 6.54 Å². The molecule has 3 heteroatoms. The first-order valence-corrected chi connectivity index (χ1v) is 6.32. The summed E-state index contributed by atoms with van der Waals surface area (Å²) in [6.45, 7) is 4.98. The van der Waals surface area contributed by atoms with Gasteiger partial charge in [0.05, 0.1) is 7.11 Å². The number of nitrogens with two attached hydrogens (primary N) is 1. The van der Waals surface area contributed by atoms with E-state index < -0.39 is 0 Å². The van der Waals surface area contributed by atoms with Crippen molar-refractivity contribution in [1.82, 2.24) is 4.90 Å². The van der Waals surface area contributed by atoms with Crippen LogP contribution >= 0.6 is 0 Å². The summed E-state index contributed by atoms with van der Waals surface area (Å²) in [6.07, 6.45) is 2.49. The van der Waals surface area contributed by atoms with Gasteiger partial charge in [-0.05, 0) is 32.4 Å². The third-order valence-electron chi connectivity index (χ3n) is 3.58. The molecule has 0 amide bonds. The Bertz CT molecular complexity index is 378. The van der Waals surface area contributed by atoms with Gasteiger partial charge in [0.25, 0.3) is 0 Å². The minimum atomic E-state index is 0.542. The maximum atomic E-state index is 5.81. The number of hydrogen-bond acceptors (Lipinski definition) is 3. The lowest BCUT2D eigenvalue weighted by molar-refractivity contribution is 0.246. The SMILES string of the molecule is COc1ccc(C)cc1CN1CCCC1CN. The highest BCUT2D eigenvalue weighted by Crippen LogP contribution is 2.25. The summed E-state index contributed by atoms with van der Waals surface area (Å²) in [5.41, 5.74) is 8.36. The standard InChI is InChI=1S/C14H22N2O/c1-11-5-6-14(17-2)12(8-11)10-16-7-3-4-13(16)9-15/h5-6,8,13H,3-4,7,9-10,15H2,1-2H3. The largest absolute Gasteiger partial charge is 0.496 e. The highest BCUT2D eigenvalue weighted by Gasteiger charge is 2.23. The van der Waals surface area contributed by atoms with E-state index in [1.165, 1.54) is 24.0 Å². The molecule has 1 unspecified atom stereocenters. The van der Waals surface area contributed by atoms with Crippen molar-refractivity contribution in [1.29, 1.82) is 0 Å². The van der Waals surface area contributed by atoms with Gasteiger partial charge in [-0.25, -0.2) is 0 Å². The number of aryl methyl sites for hydroxylation is 1. The molecular weight excluding hydrogens is 212 g/mol. The molecule has 1 aliphatic rings. The molecule has 3 nitrogen and oxygen atoms in total. The highest BCUT2D eigenvalue weighted by molar-refractivity contribution is 5.36. The molecule has 2 N–H and O–H groups in total. The van der Waals surface area contributed by atoms with E-state index in [1.807, 2.05) is 0 Å². The maximum absolute atomic E-state index is 5.81. The Hall–Kier alpha value is -1.06. The van der Waals surface area contributed by atoms with Crippen LogP contribution in [0.4, 0.5) is 0 Å². The van der Waals surface area contributed by atoms with Crippen molar-refractivity contribution in [2.75, 3.05) is 20.2 Å². The van der Waals surface area contributed by atoms with Crippen molar-refractivity contribution in [2.45, 2.75) is 32.4 Å². The minimum absolute atomic E-state index is 0.542. The first kappa shape index (κ1) is 12.4. The molecule has 1 atom stereocenters. The zero-order chi connectivity index (χ0) is 12.3. The van der Waals surface area contributed by atoms with Gasteiger partial charge in [0.1, 0.15) is 5.75 Å². The Kier molecular flexibility index (Phi) is 4.02. The molecular formula is C14H22N2O. The van der Waals surface area contributed by atoms with Gasteiger partial charge in [0.15, 0.2) is 0 Å². The normalized spacial score (nSPS) is 20.8. The van der Waals surface area contributed by atoms with Crippen LogP contribution < -0.4 is 10.5 Å². The molecule has 0 saturated carbocycles. The smallest absolute Gasteiger partial charge is 0.123 e. The van der Waals surface area contributed by atoms with Crippen LogP contribution in [0, 0.1) is 6.92 Å². The summed E-state index contributed by atoms with van der Waals surface area (Å²) in [6, 6.07) is 6.90. The average molecular weight is 234 g/mol. The third kappa shape index (κ3) is 2.79. The van der Waals surface area contributed by atoms with Gasteiger partial charge >= 0.3 is 0 Å². The molecule has 1 aromatic rings. The van der Waals surface area contributed by atoms with E-state index in [1.54, 1.807) is 7.11 Å². The number of methoxy groups -OCH3 is 1. The van der Waals surface area contributed by atoms with Crippen molar-refractivity contribution < 1.29 is 4.74 Å². The molecule has 1 saturated heterocycles. The van der Waals surface area contributed by atoms with Gasteiger partial charge in [0.2, 0.25) is 0 Å². The number of hydrogen-bond donors (Lipinski definition) is 1. The van der Waals surface area contributed by atoms with Gasteiger partial charge in [-0.1, -0.05) is 17.7 Å². The van der Waals surface area contributed by atoms with Crippen LogP contribution in [0.15, 0.2) is 18.2 Å². The molecule has 0 bridgehead atoms. The second-order valence-corrected chi connectivity index (χ2v) is 4.82. The van der Waals surface area contributed by atoms with Crippen LogP contribution in [0.25, 0.3) is 0 Å². The van der Waals surface area contributed by atoms with E-state index in [9.17, 15) is 0 Å². The quantitative estimate of drug-likeness (QED) is 0.865. The first-order valence-electron chi connectivity index (χ1n) is 6.32. The summed E-state index contributed by atoms with van der Waals surface area (Å²) < 4.78 is 5.42. The molecule has 1 aromatic carbocycles. The Morgan fingerprint density at radius 1 is 1.47 bits per heavy atom. The van der Waals surface area contributed by atoms with Crippen LogP contribution in [0.2, 0.25) is 0 Å². The van der Waals surface area contributed by atoms with Gasteiger partial charge in [-0.2, -0.15) is 0 Å². The minimum Gasteiger partial charge on any atom is -0.496 e. The number of rotatable bonds is 4. The predicted octanol–water partition coefficient (Wildman–Crippen LogP) is 1.93. The predicted molar refractivity (Wildman–Crippen MR) is 70.2 cm³/mol. The Balaban J connectivity index is 2.14. The lowest BCUT2D eigenvalue weighted by atomic mass is 10.1. The molecule has 1 fully saturated rings. The fourth-order valence-corrected chi connectivity index (χ4v) is 2.62. The molecule has 94 valence electrons. The van der Waals surface area contributed by atoms with E-state index in [0.717, 1.165) is 25.4 Å². The van der Waals surface area contributed by atoms with Crippen molar-refractivity contribution >= 4 is 0 Å². The number of likely N-dealkylation sites (tertiary alicyclic amines) is 1. The molecule has 0 spiro atoms. The summed E-state index contributed by atoms with van der Waals surface area (Å²) >= 11 is 0. The fraction of sp³-hybridized carbons (Fsp3) is 0.571. The van der Waals surface area contributed by atoms with E-state index in [0.29, 0.717) is 6.04 Å². The van der Waals surface area contributed by atoms with E-state index in [2.05, 4.69) is 30.0 Å². The van der Waals surface area contributed by atoms with Gasteiger partial charge in [0, 0.05) is 24.7 Å². The van der Waals surface area contributed by atoms with E-state index in [4.69, 9.17) is 10.5 Å². The molecule has 2 rings (SSSR count). The Labute approximate surface area is 104 Å². The first-order chi connectivity index (χ1) is 8.24. The average Bonchev–Trinajstić information content (AvgIpc) is 2.77. The Morgan fingerprint density at radius 2 is 2.29 bits per heavy atom. The molecule has 0 radical (unpaired) electrons. The second-order valence-electron chi connectivity index (χ2n) is 4.82. The van der Waals surface area contributed by atoms with Gasteiger partial charge in [-0.15, -0.1) is 0 Å². The summed E-state index contributed by atoms with van der Waals surface area (Å²) in [5, 5.41) is 0.